The third-order valence-corrected chi connectivity index (χ3v) is 2.65. The van der Waals surface area contributed by atoms with Crippen LogP contribution >= 0.6 is 11.6 Å². The number of anilines is 1. The van der Waals surface area contributed by atoms with E-state index in [4.69, 9.17) is 11.6 Å². The molecule has 0 saturated carbocycles. The molecule has 0 bridgehead atoms. The van der Waals surface area contributed by atoms with E-state index in [0.29, 0.717) is 10.7 Å². The van der Waals surface area contributed by atoms with E-state index >= 15 is 0 Å². The maximum Gasteiger partial charge on any atom is 0.228 e. The summed E-state index contributed by atoms with van der Waals surface area (Å²) in [5, 5.41) is 12.2. The molecule has 4 nitrogen and oxygen atoms in total. The number of nitrogens with one attached hydrogen (secondary N) is 1. The third kappa shape index (κ3) is 3.21. The van der Waals surface area contributed by atoms with Gasteiger partial charge < -0.3 is 10.4 Å². The summed E-state index contributed by atoms with van der Waals surface area (Å²) in [5.74, 6) is -0.110. The summed E-state index contributed by atoms with van der Waals surface area (Å²) in [4.78, 5) is 15.6. The van der Waals surface area contributed by atoms with Gasteiger partial charge in [-0.15, -0.1) is 0 Å². The normalized spacial score (nSPS) is 10.1. The topological polar surface area (TPSA) is 62.2 Å². The first-order valence-electron chi connectivity index (χ1n) is 5.32. The van der Waals surface area contributed by atoms with Crippen molar-refractivity contribution in [3.05, 3.63) is 53.3 Å². The molecular weight excluding hydrogens is 252 g/mol. The number of amides is 1. The van der Waals surface area contributed by atoms with E-state index in [1.807, 2.05) is 0 Å². The summed E-state index contributed by atoms with van der Waals surface area (Å²) in [7, 11) is 0. The number of aromatic hydroxyl groups is 1. The van der Waals surface area contributed by atoms with Crippen LogP contribution in [0.2, 0.25) is 5.02 Å². The molecule has 18 heavy (non-hydrogen) atoms. The van der Waals surface area contributed by atoms with Crippen LogP contribution in [0.1, 0.15) is 5.56 Å². The van der Waals surface area contributed by atoms with E-state index in [1.54, 1.807) is 30.6 Å². The Labute approximate surface area is 109 Å². The third-order valence-electron chi connectivity index (χ3n) is 2.34. The van der Waals surface area contributed by atoms with Gasteiger partial charge in [-0.1, -0.05) is 11.6 Å². The SMILES string of the molecule is O=C(Cc1ccncc1)Nc1ccc(O)cc1Cl. The number of rotatable bonds is 3. The lowest BCUT2D eigenvalue weighted by molar-refractivity contribution is -0.115. The highest BCUT2D eigenvalue weighted by Crippen LogP contribution is 2.25. The molecule has 92 valence electrons. The zero-order valence-corrected chi connectivity index (χ0v) is 10.2. The fourth-order valence-corrected chi connectivity index (χ4v) is 1.71. The minimum atomic E-state index is -0.172. The lowest BCUT2D eigenvalue weighted by atomic mass is 10.2. The van der Waals surface area contributed by atoms with Crippen molar-refractivity contribution in [3.8, 4) is 5.75 Å². The Morgan fingerprint density at radius 3 is 2.67 bits per heavy atom. The molecule has 2 aromatic rings. The van der Waals surface area contributed by atoms with Gasteiger partial charge in [0.05, 0.1) is 17.1 Å². The average Bonchev–Trinajstić information content (AvgIpc) is 2.34. The van der Waals surface area contributed by atoms with Gasteiger partial charge in [-0.05, 0) is 29.8 Å². The summed E-state index contributed by atoms with van der Waals surface area (Å²) in [5.41, 5.74) is 1.35. The molecule has 2 rings (SSSR count). The van der Waals surface area contributed by atoms with Crippen molar-refractivity contribution in [1.29, 1.82) is 0 Å². The quantitative estimate of drug-likeness (QED) is 0.836. The summed E-state index contributed by atoms with van der Waals surface area (Å²) < 4.78 is 0. The van der Waals surface area contributed by atoms with Gasteiger partial charge in [0, 0.05) is 18.5 Å². The van der Waals surface area contributed by atoms with E-state index in [2.05, 4.69) is 10.3 Å². The van der Waals surface area contributed by atoms with E-state index in [0.717, 1.165) is 5.56 Å². The van der Waals surface area contributed by atoms with Crippen molar-refractivity contribution in [2.45, 2.75) is 6.42 Å². The molecule has 0 radical (unpaired) electrons. The Bertz CT molecular complexity index is 558. The van der Waals surface area contributed by atoms with Crippen molar-refractivity contribution in [2.75, 3.05) is 5.32 Å². The highest BCUT2D eigenvalue weighted by Gasteiger charge is 2.07. The van der Waals surface area contributed by atoms with Gasteiger partial charge in [0.1, 0.15) is 5.75 Å². The fraction of sp³-hybridized carbons (Fsp3) is 0.0769. The smallest absolute Gasteiger partial charge is 0.228 e. The summed E-state index contributed by atoms with van der Waals surface area (Å²) >= 11 is 5.89. The van der Waals surface area contributed by atoms with Crippen LogP contribution in [0.4, 0.5) is 5.69 Å². The minimum Gasteiger partial charge on any atom is -0.508 e. The molecule has 1 aromatic heterocycles. The molecular formula is C13H11ClN2O2. The van der Waals surface area contributed by atoms with Crippen molar-refractivity contribution in [2.24, 2.45) is 0 Å². The number of carbonyl (C=O) groups is 1. The maximum atomic E-state index is 11.8. The first-order valence-corrected chi connectivity index (χ1v) is 5.70. The molecule has 0 spiro atoms. The van der Waals surface area contributed by atoms with Crippen LogP contribution in [0, 0.1) is 0 Å². The molecule has 1 aromatic carbocycles. The monoisotopic (exact) mass is 262 g/mol. The predicted octanol–water partition coefficient (Wildman–Crippen LogP) is 2.62. The number of benzene rings is 1. The molecule has 0 aliphatic heterocycles. The Morgan fingerprint density at radius 1 is 1.28 bits per heavy atom. The average molecular weight is 263 g/mol. The van der Waals surface area contributed by atoms with Gasteiger partial charge in [-0.2, -0.15) is 0 Å². The summed E-state index contributed by atoms with van der Waals surface area (Å²) in [6.45, 7) is 0. The van der Waals surface area contributed by atoms with Gasteiger partial charge in [-0.3, -0.25) is 9.78 Å². The van der Waals surface area contributed by atoms with Gasteiger partial charge in [0.2, 0.25) is 5.91 Å². The Kier molecular flexibility index (Phi) is 3.79. The van der Waals surface area contributed by atoms with Crippen LogP contribution in [0.15, 0.2) is 42.7 Å². The first kappa shape index (κ1) is 12.4. The minimum absolute atomic E-state index is 0.0622. The van der Waals surface area contributed by atoms with Crippen LogP contribution in [0.5, 0.6) is 5.75 Å². The van der Waals surface area contributed by atoms with Gasteiger partial charge >= 0.3 is 0 Å². The van der Waals surface area contributed by atoms with Crippen molar-refractivity contribution in [1.82, 2.24) is 4.98 Å². The zero-order valence-electron chi connectivity index (χ0n) is 9.43. The standard InChI is InChI=1S/C13H11ClN2O2/c14-11-8-10(17)1-2-12(11)16-13(18)7-9-3-5-15-6-4-9/h1-6,8,17H,7H2,(H,16,18). The van der Waals surface area contributed by atoms with Crippen molar-refractivity contribution in [3.63, 3.8) is 0 Å². The maximum absolute atomic E-state index is 11.8. The second-order valence-corrected chi connectivity index (χ2v) is 4.15. The van der Waals surface area contributed by atoms with Crippen molar-refractivity contribution < 1.29 is 9.90 Å². The number of carbonyl (C=O) groups excluding carboxylic acids is 1. The van der Waals surface area contributed by atoms with Crippen LogP contribution in [-0.2, 0) is 11.2 Å². The number of phenols is 1. The highest BCUT2D eigenvalue weighted by molar-refractivity contribution is 6.33. The molecule has 0 unspecified atom stereocenters. The molecule has 0 aliphatic rings. The molecule has 0 atom stereocenters. The Morgan fingerprint density at radius 2 is 2.00 bits per heavy atom. The highest BCUT2D eigenvalue weighted by atomic mass is 35.5. The largest absolute Gasteiger partial charge is 0.508 e. The number of phenolic OH excluding ortho intramolecular Hbond substituents is 1. The lowest BCUT2D eigenvalue weighted by Gasteiger charge is -2.07. The second kappa shape index (κ2) is 5.51. The molecule has 0 saturated heterocycles. The molecule has 2 N–H and O–H groups in total. The van der Waals surface area contributed by atoms with Crippen LogP contribution in [-0.4, -0.2) is 16.0 Å². The molecule has 5 heteroatoms. The summed E-state index contributed by atoms with van der Waals surface area (Å²) in [6.07, 6.45) is 3.52. The number of hydrogen-bond acceptors (Lipinski definition) is 3. The van der Waals surface area contributed by atoms with Crippen molar-refractivity contribution >= 4 is 23.2 Å². The van der Waals surface area contributed by atoms with Crippen LogP contribution < -0.4 is 5.32 Å². The van der Waals surface area contributed by atoms with E-state index in [1.165, 1.54) is 12.1 Å². The number of hydrogen-bond donors (Lipinski definition) is 2. The summed E-state index contributed by atoms with van der Waals surface area (Å²) in [6, 6.07) is 7.95. The van der Waals surface area contributed by atoms with Gasteiger partial charge in [-0.25, -0.2) is 0 Å². The van der Waals surface area contributed by atoms with Crippen LogP contribution in [0.3, 0.4) is 0 Å². The van der Waals surface area contributed by atoms with Gasteiger partial charge in [0.25, 0.3) is 0 Å². The Hall–Kier alpha value is -2.07. The number of pyridine rings is 1. The fourth-order valence-electron chi connectivity index (χ4n) is 1.49. The predicted molar refractivity (Wildman–Crippen MR) is 69.7 cm³/mol. The second-order valence-electron chi connectivity index (χ2n) is 3.74. The van der Waals surface area contributed by atoms with Gasteiger partial charge in [0.15, 0.2) is 0 Å². The van der Waals surface area contributed by atoms with E-state index in [-0.39, 0.29) is 18.1 Å². The first-order chi connectivity index (χ1) is 8.65. The molecule has 1 amide bonds. The molecule has 0 fully saturated rings. The van der Waals surface area contributed by atoms with Crippen LogP contribution in [0.25, 0.3) is 0 Å². The van der Waals surface area contributed by atoms with E-state index in [9.17, 15) is 9.90 Å². The molecule has 0 aliphatic carbocycles. The number of nitrogens with zero attached hydrogens (tertiary/aromatic N) is 1. The molecule has 1 heterocycles. The lowest BCUT2D eigenvalue weighted by Crippen LogP contribution is -2.14. The Balaban J connectivity index is 2.03. The zero-order chi connectivity index (χ0) is 13.0. The number of aromatic nitrogens is 1. The van der Waals surface area contributed by atoms with E-state index < -0.39 is 0 Å². The number of halogens is 1.